The van der Waals surface area contributed by atoms with Crippen LogP contribution in [0.5, 0.6) is 5.75 Å². The van der Waals surface area contributed by atoms with E-state index in [9.17, 15) is 13.2 Å². The zero-order valence-electron chi connectivity index (χ0n) is 10.9. The Morgan fingerprint density at radius 2 is 1.76 bits per heavy atom. The normalized spacial score (nSPS) is 11.0. The lowest BCUT2D eigenvalue weighted by molar-refractivity contribution is 0.415. The number of nitrogen functional groups attached to an aromatic ring is 1. The molecule has 0 saturated heterocycles. The molecule has 0 radical (unpaired) electrons. The predicted molar refractivity (Wildman–Crippen MR) is 71.9 cm³/mol. The van der Waals surface area contributed by atoms with Crippen molar-refractivity contribution in [2.45, 2.75) is 0 Å². The highest BCUT2D eigenvalue weighted by Gasteiger charge is 2.17. The fourth-order valence-electron chi connectivity index (χ4n) is 2.14. The summed E-state index contributed by atoms with van der Waals surface area (Å²) in [6, 6.07) is 6.07. The fourth-order valence-corrected chi connectivity index (χ4v) is 2.14. The fraction of sp³-hybridized carbons (Fsp3) is 0.0714. The molecule has 0 bridgehead atoms. The van der Waals surface area contributed by atoms with Crippen LogP contribution in [0.25, 0.3) is 16.7 Å². The first-order valence-electron chi connectivity index (χ1n) is 5.98. The maximum Gasteiger partial charge on any atom is 0.206 e. The molecule has 0 aliphatic rings. The van der Waals surface area contributed by atoms with Gasteiger partial charge in [-0.1, -0.05) is 0 Å². The average molecular weight is 293 g/mol. The topological polar surface area (TPSA) is 53.1 Å². The first kappa shape index (κ1) is 13.3. The highest BCUT2D eigenvalue weighted by Crippen LogP contribution is 2.28. The summed E-state index contributed by atoms with van der Waals surface area (Å²) in [6.45, 7) is 0. The third kappa shape index (κ3) is 2.06. The van der Waals surface area contributed by atoms with Crippen LogP contribution in [0.15, 0.2) is 30.3 Å². The van der Waals surface area contributed by atoms with Crippen LogP contribution in [0.2, 0.25) is 0 Å². The van der Waals surface area contributed by atoms with E-state index in [0.717, 1.165) is 6.07 Å². The standard InChI is InChI=1S/C14H10F3N3O/c1-21-7-2-3-12-11(4-7)19-14(18)20(12)13-6-9(16)8(15)5-10(13)17/h2-6H,1H3,(H2,18,19). The minimum atomic E-state index is -1.26. The first-order valence-corrected chi connectivity index (χ1v) is 5.98. The molecule has 0 aliphatic heterocycles. The number of anilines is 1. The number of imidazole rings is 1. The average Bonchev–Trinajstić information content (AvgIpc) is 2.77. The Bertz CT molecular complexity index is 845. The maximum atomic E-state index is 13.9. The van der Waals surface area contributed by atoms with Gasteiger partial charge in [0, 0.05) is 18.2 Å². The summed E-state index contributed by atoms with van der Waals surface area (Å²) in [5, 5.41) is 0. The zero-order chi connectivity index (χ0) is 15.1. The maximum absolute atomic E-state index is 13.9. The van der Waals surface area contributed by atoms with Crippen molar-refractivity contribution in [1.82, 2.24) is 9.55 Å². The second kappa shape index (κ2) is 4.69. The minimum absolute atomic E-state index is 0.0387. The number of hydrogen-bond donors (Lipinski definition) is 1. The molecule has 108 valence electrons. The molecule has 0 fully saturated rings. The van der Waals surface area contributed by atoms with E-state index in [-0.39, 0.29) is 11.6 Å². The Kier molecular flexibility index (Phi) is 2.97. The van der Waals surface area contributed by atoms with Gasteiger partial charge in [0.2, 0.25) is 5.95 Å². The van der Waals surface area contributed by atoms with Crippen LogP contribution in [0, 0.1) is 17.5 Å². The van der Waals surface area contributed by atoms with Crippen LogP contribution >= 0.6 is 0 Å². The zero-order valence-corrected chi connectivity index (χ0v) is 10.9. The summed E-state index contributed by atoms with van der Waals surface area (Å²) >= 11 is 0. The van der Waals surface area contributed by atoms with Gasteiger partial charge in [-0.3, -0.25) is 4.57 Å². The first-order chi connectivity index (χ1) is 10.0. The highest BCUT2D eigenvalue weighted by atomic mass is 19.2. The van der Waals surface area contributed by atoms with Crippen LogP contribution in [-0.2, 0) is 0 Å². The Labute approximate surface area is 117 Å². The molecule has 21 heavy (non-hydrogen) atoms. The molecule has 2 aromatic carbocycles. The van der Waals surface area contributed by atoms with Crippen LogP contribution in [-0.4, -0.2) is 16.7 Å². The number of rotatable bonds is 2. The van der Waals surface area contributed by atoms with E-state index in [1.807, 2.05) is 0 Å². The van der Waals surface area contributed by atoms with Crippen LogP contribution < -0.4 is 10.5 Å². The third-order valence-corrected chi connectivity index (χ3v) is 3.12. The van der Waals surface area contributed by atoms with Crippen LogP contribution in [0.4, 0.5) is 19.1 Å². The molecule has 0 spiro atoms. The van der Waals surface area contributed by atoms with Gasteiger partial charge in [-0.2, -0.15) is 0 Å². The molecular formula is C14H10F3N3O. The number of nitrogens with two attached hydrogens (primary N) is 1. The summed E-state index contributed by atoms with van der Waals surface area (Å²) in [4.78, 5) is 4.07. The van der Waals surface area contributed by atoms with Gasteiger partial charge in [0.15, 0.2) is 11.6 Å². The van der Waals surface area contributed by atoms with E-state index in [4.69, 9.17) is 10.5 Å². The second-order valence-electron chi connectivity index (χ2n) is 4.38. The second-order valence-corrected chi connectivity index (χ2v) is 4.38. The number of aromatic nitrogens is 2. The Morgan fingerprint density at radius 3 is 2.48 bits per heavy atom. The molecule has 3 aromatic rings. The Balaban J connectivity index is 2.30. The van der Waals surface area contributed by atoms with Crippen molar-refractivity contribution in [1.29, 1.82) is 0 Å². The third-order valence-electron chi connectivity index (χ3n) is 3.12. The molecule has 7 heteroatoms. The SMILES string of the molecule is COc1ccc2c(c1)nc(N)n2-c1cc(F)c(F)cc1F. The molecule has 4 nitrogen and oxygen atoms in total. The molecule has 0 aliphatic carbocycles. The summed E-state index contributed by atoms with van der Waals surface area (Å²) in [6.07, 6.45) is 0. The van der Waals surface area contributed by atoms with Crippen molar-refractivity contribution in [3.63, 3.8) is 0 Å². The smallest absolute Gasteiger partial charge is 0.206 e. The van der Waals surface area contributed by atoms with Crippen molar-refractivity contribution < 1.29 is 17.9 Å². The van der Waals surface area contributed by atoms with E-state index < -0.39 is 17.5 Å². The van der Waals surface area contributed by atoms with E-state index in [1.165, 1.54) is 11.7 Å². The molecular weight excluding hydrogens is 283 g/mol. The summed E-state index contributed by atoms with van der Waals surface area (Å²) < 4.78 is 46.6. The monoisotopic (exact) mass is 293 g/mol. The lowest BCUT2D eigenvalue weighted by atomic mass is 10.2. The van der Waals surface area contributed by atoms with Gasteiger partial charge >= 0.3 is 0 Å². The van der Waals surface area contributed by atoms with Crippen LogP contribution in [0.3, 0.4) is 0 Å². The molecule has 1 aromatic heterocycles. The van der Waals surface area contributed by atoms with Crippen molar-refractivity contribution in [2.24, 2.45) is 0 Å². The van der Waals surface area contributed by atoms with Crippen molar-refractivity contribution >= 4 is 17.0 Å². The van der Waals surface area contributed by atoms with E-state index in [2.05, 4.69) is 4.98 Å². The molecule has 0 amide bonds. The van der Waals surface area contributed by atoms with Crippen molar-refractivity contribution in [2.75, 3.05) is 12.8 Å². The van der Waals surface area contributed by atoms with Gasteiger partial charge < -0.3 is 10.5 Å². The molecule has 0 saturated carbocycles. The van der Waals surface area contributed by atoms with E-state index in [1.54, 1.807) is 18.2 Å². The number of hydrogen-bond acceptors (Lipinski definition) is 3. The predicted octanol–water partition coefficient (Wildman–Crippen LogP) is 3.03. The van der Waals surface area contributed by atoms with E-state index in [0.29, 0.717) is 22.8 Å². The highest BCUT2D eigenvalue weighted by molar-refractivity contribution is 5.82. The number of ether oxygens (including phenoxy) is 1. The van der Waals surface area contributed by atoms with Crippen LogP contribution in [0.1, 0.15) is 0 Å². The molecule has 0 atom stereocenters. The molecule has 1 heterocycles. The lowest BCUT2D eigenvalue weighted by Crippen LogP contribution is -2.04. The number of fused-ring (bicyclic) bond motifs is 1. The van der Waals surface area contributed by atoms with Gasteiger partial charge in [0.05, 0.1) is 23.8 Å². The molecule has 2 N–H and O–H groups in total. The summed E-state index contributed by atoms with van der Waals surface area (Å²) in [5.74, 6) is -2.85. The van der Waals surface area contributed by atoms with Crippen molar-refractivity contribution in [3.8, 4) is 11.4 Å². The van der Waals surface area contributed by atoms with Gasteiger partial charge in [0.1, 0.15) is 11.6 Å². The van der Waals surface area contributed by atoms with Crippen molar-refractivity contribution in [3.05, 3.63) is 47.8 Å². The van der Waals surface area contributed by atoms with Gasteiger partial charge in [-0.25, -0.2) is 18.2 Å². The van der Waals surface area contributed by atoms with E-state index >= 15 is 0 Å². The summed E-state index contributed by atoms with van der Waals surface area (Å²) in [7, 11) is 1.50. The number of nitrogens with zero attached hydrogens (tertiary/aromatic N) is 2. The number of benzene rings is 2. The van der Waals surface area contributed by atoms with Gasteiger partial charge in [0.25, 0.3) is 0 Å². The lowest BCUT2D eigenvalue weighted by Gasteiger charge is -2.08. The quantitative estimate of drug-likeness (QED) is 0.739. The number of methoxy groups -OCH3 is 1. The van der Waals surface area contributed by atoms with Gasteiger partial charge in [-0.15, -0.1) is 0 Å². The Hall–Kier alpha value is -2.70. The largest absolute Gasteiger partial charge is 0.497 e. The number of halogens is 3. The Morgan fingerprint density at radius 1 is 1.05 bits per heavy atom. The molecule has 0 unspecified atom stereocenters. The van der Waals surface area contributed by atoms with Gasteiger partial charge in [-0.05, 0) is 12.1 Å². The minimum Gasteiger partial charge on any atom is -0.497 e. The molecule has 3 rings (SSSR count). The summed E-state index contributed by atoms with van der Waals surface area (Å²) in [5.41, 5.74) is 6.46.